The maximum atomic E-state index is 12.5. The van der Waals surface area contributed by atoms with Gasteiger partial charge >= 0.3 is 6.09 Å². The molecule has 0 aliphatic carbocycles. The van der Waals surface area contributed by atoms with E-state index < -0.39 is 11.1 Å². The molecule has 1 fully saturated rings. The van der Waals surface area contributed by atoms with Crippen molar-refractivity contribution in [1.82, 2.24) is 10.2 Å². The summed E-state index contributed by atoms with van der Waals surface area (Å²) in [5, 5.41) is 3.87. The summed E-state index contributed by atoms with van der Waals surface area (Å²) >= 11 is 6.08. The van der Waals surface area contributed by atoms with Crippen LogP contribution in [0.2, 0.25) is 5.02 Å². The average molecular weight is 401 g/mol. The fourth-order valence-electron chi connectivity index (χ4n) is 3.89. The third kappa shape index (κ3) is 5.27. The van der Waals surface area contributed by atoms with E-state index in [1.807, 2.05) is 51.1 Å². The van der Waals surface area contributed by atoms with Gasteiger partial charge in [0.05, 0.1) is 5.54 Å². The number of ether oxygens (including phenoxy) is 1. The molecule has 2 aromatic carbocycles. The second-order valence-corrected chi connectivity index (χ2v) is 9.24. The molecule has 0 bridgehead atoms. The van der Waals surface area contributed by atoms with Crippen molar-refractivity contribution in [1.29, 1.82) is 0 Å². The lowest BCUT2D eigenvalue weighted by Crippen LogP contribution is -2.52. The van der Waals surface area contributed by atoms with Crippen LogP contribution in [0.4, 0.5) is 4.79 Å². The molecule has 1 heterocycles. The number of halogens is 1. The number of hydrogen-bond donors (Lipinski definition) is 1. The molecule has 1 amide bonds. The van der Waals surface area contributed by atoms with Crippen molar-refractivity contribution in [2.24, 2.45) is 0 Å². The number of nitrogens with zero attached hydrogens (tertiary/aromatic N) is 1. The third-order valence-electron chi connectivity index (χ3n) is 5.07. The van der Waals surface area contributed by atoms with E-state index in [1.165, 1.54) is 11.1 Å². The van der Waals surface area contributed by atoms with Crippen LogP contribution in [0.15, 0.2) is 54.6 Å². The van der Waals surface area contributed by atoms with E-state index >= 15 is 0 Å². The smallest absolute Gasteiger partial charge is 0.408 e. The Bertz CT molecular complexity index is 802. The Morgan fingerprint density at radius 3 is 2.43 bits per heavy atom. The predicted octanol–water partition coefficient (Wildman–Crippen LogP) is 5.22. The molecule has 0 saturated carbocycles. The number of carbonyl (C=O) groups is 1. The molecule has 0 spiro atoms. The summed E-state index contributed by atoms with van der Waals surface area (Å²) in [7, 11) is 0. The Kier molecular flexibility index (Phi) is 6.01. The van der Waals surface area contributed by atoms with Crippen LogP contribution in [0.1, 0.15) is 44.7 Å². The standard InChI is InChI=1S/C23H29ClN2O2/c1-22(2,3)28-21(27)25-23(4)16-26(14-17-8-6-5-7-9-17)15-20(23)18-10-12-19(24)13-11-18/h5-13,20H,14-16H2,1-4H3,(H,25,27). The summed E-state index contributed by atoms with van der Waals surface area (Å²) in [6.45, 7) is 10.2. The number of rotatable bonds is 4. The van der Waals surface area contributed by atoms with Gasteiger partial charge in [-0.3, -0.25) is 4.90 Å². The lowest BCUT2D eigenvalue weighted by atomic mass is 9.83. The predicted molar refractivity (Wildman–Crippen MR) is 114 cm³/mol. The van der Waals surface area contributed by atoms with Gasteiger partial charge in [-0.1, -0.05) is 54.1 Å². The average Bonchev–Trinajstić information content (AvgIpc) is 2.90. The molecular weight excluding hydrogens is 372 g/mol. The molecule has 150 valence electrons. The Labute approximate surface area is 172 Å². The molecule has 5 heteroatoms. The van der Waals surface area contributed by atoms with Crippen LogP contribution < -0.4 is 5.32 Å². The van der Waals surface area contributed by atoms with Crippen molar-refractivity contribution in [3.05, 3.63) is 70.7 Å². The van der Waals surface area contributed by atoms with Gasteiger partial charge in [0.1, 0.15) is 5.60 Å². The summed E-state index contributed by atoms with van der Waals surface area (Å²) in [5.41, 5.74) is 1.46. The minimum Gasteiger partial charge on any atom is -0.444 e. The molecular formula is C23H29ClN2O2. The van der Waals surface area contributed by atoms with Crippen LogP contribution in [0, 0.1) is 0 Å². The third-order valence-corrected chi connectivity index (χ3v) is 5.32. The van der Waals surface area contributed by atoms with Gasteiger partial charge in [0.25, 0.3) is 0 Å². The normalized spacial score (nSPS) is 22.8. The van der Waals surface area contributed by atoms with Gasteiger partial charge in [-0.2, -0.15) is 0 Å². The van der Waals surface area contributed by atoms with E-state index in [-0.39, 0.29) is 12.0 Å². The largest absolute Gasteiger partial charge is 0.444 e. The molecule has 1 saturated heterocycles. The molecule has 1 aliphatic heterocycles. The minimum absolute atomic E-state index is 0.140. The minimum atomic E-state index is -0.529. The number of carbonyl (C=O) groups excluding carboxylic acids is 1. The molecule has 1 aliphatic rings. The van der Waals surface area contributed by atoms with Gasteiger partial charge in [0.15, 0.2) is 0 Å². The highest BCUT2D eigenvalue weighted by Gasteiger charge is 2.45. The highest BCUT2D eigenvalue weighted by atomic mass is 35.5. The summed E-state index contributed by atoms with van der Waals surface area (Å²) in [5.74, 6) is 0.140. The first-order chi connectivity index (χ1) is 13.1. The molecule has 3 rings (SSSR count). The first-order valence-corrected chi connectivity index (χ1v) is 10.1. The van der Waals surface area contributed by atoms with Crippen LogP contribution in [-0.4, -0.2) is 35.2 Å². The number of alkyl carbamates (subject to hydrolysis) is 1. The van der Waals surface area contributed by atoms with Crippen molar-refractivity contribution in [3.8, 4) is 0 Å². The number of benzene rings is 2. The maximum absolute atomic E-state index is 12.5. The molecule has 0 aromatic heterocycles. The SMILES string of the molecule is CC(C)(C)OC(=O)NC1(C)CN(Cc2ccccc2)CC1c1ccc(Cl)cc1. The van der Waals surface area contributed by atoms with Gasteiger partial charge in [0, 0.05) is 30.6 Å². The molecule has 2 atom stereocenters. The molecule has 4 nitrogen and oxygen atoms in total. The van der Waals surface area contributed by atoms with Crippen molar-refractivity contribution >= 4 is 17.7 Å². The molecule has 28 heavy (non-hydrogen) atoms. The van der Waals surface area contributed by atoms with E-state index in [4.69, 9.17) is 16.3 Å². The van der Waals surface area contributed by atoms with Crippen LogP contribution in [-0.2, 0) is 11.3 Å². The van der Waals surface area contributed by atoms with E-state index in [0.717, 1.165) is 19.6 Å². The van der Waals surface area contributed by atoms with Gasteiger partial charge < -0.3 is 10.1 Å². The maximum Gasteiger partial charge on any atom is 0.408 e. The quantitative estimate of drug-likeness (QED) is 0.764. The second-order valence-electron chi connectivity index (χ2n) is 8.80. The van der Waals surface area contributed by atoms with E-state index in [2.05, 4.69) is 41.4 Å². The summed E-state index contributed by atoms with van der Waals surface area (Å²) in [6.07, 6.45) is -0.379. The number of likely N-dealkylation sites (tertiary alicyclic amines) is 1. The topological polar surface area (TPSA) is 41.6 Å². The van der Waals surface area contributed by atoms with Crippen LogP contribution in [0.25, 0.3) is 0 Å². The Hall–Kier alpha value is -2.04. The van der Waals surface area contributed by atoms with Crippen LogP contribution in [0.3, 0.4) is 0 Å². The number of hydrogen-bond acceptors (Lipinski definition) is 3. The fraction of sp³-hybridized carbons (Fsp3) is 0.435. The van der Waals surface area contributed by atoms with Gasteiger partial charge in [-0.15, -0.1) is 0 Å². The number of amides is 1. The highest BCUT2D eigenvalue weighted by molar-refractivity contribution is 6.30. The van der Waals surface area contributed by atoms with E-state index in [9.17, 15) is 4.79 Å². The van der Waals surface area contributed by atoms with Crippen molar-refractivity contribution < 1.29 is 9.53 Å². The Morgan fingerprint density at radius 1 is 1.18 bits per heavy atom. The second kappa shape index (κ2) is 8.14. The van der Waals surface area contributed by atoms with Crippen molar-refractivity contribution in [3.63, 3.8) is 0 Å². The fourth-order valence-corrected chi connectivity index (χ4v) is 4.02. The summed E-state index contributed by atoms with van der Waals surface area (Å²) in [6, 6.07) is 18.3. The summed E-state index contributed by atoms with van der Waals surface area (Å²) < 4.78 is 5.53. The molecule has 2 aromatic rings. The van der Waals surface area contributed by atoms with Crippen molar-refractivity contribution in [2.75, 3.05) is 13.1 Å². The zero-order valence-corrected chi connectivity index (χ0v) is 17.8. The molecule has 2 unspecified atom stereocenters. The highest BCUT2D eigenvalue weighted by Crippen LogP contribution is 2.37. The Morgan fingerprint density at radius 2 is 1.82 bits per heavy atom. The van der Waals surface area contributed by atoms with Gasteiger partial charge in [-0.25, -0.2) is 4.79 Å². The first-order valence-electron chi connectivity index (χ1n) is 9.67. The van der Waals surface area contributed by atoms with Crippen LogP contribution >= 0.6 is 11.6 Å². The lowest BCUT2D eigenvalue weighted by molar-refractivity contribution is 0.0459. The first kappa shape index (κ1) is 20.7. The lowest BCUT2D eigenvalue weighted by Gasteiger charge is -2.33. The zero-order valence-electron chi connectivity index (χ0n) is 17.0. The van der Waals surface area contributed by atoms with Gasteiger partial charge in [0.2, 0.25) is 0 Å². The molecule has 1 N–H and O–H groups in total. The van der Waals surface area contributed by atoms with E-state index in [0.29, 0.717) is 5.02 Å². The summed E-state index contributed by atoms with van der Waals surface area (Å²) in [4.78, 5) is 14.9. The van der Waals surface area contributed by atoms with Gasteiger partial charge in [-0.05, 0) is 51.0 Å². The van der Waals surface area contributed by atoms with Crippen LogP contribution in [0.5, 0.6) is 0 Å². The van der Waals surface area contributed by atoms with E-state index in [1.54, 1.807) is 0 Å². The van der Waals surface area contributed by atoms with Crippen molar-refractivity contribution in [2.45, 2.75) is 51.3 Å². The number of nitrogens with one attached hydrogen (secondary N) is 1. The molecule has 0 radical (unpaired) electrons. The monoisotopic (exact) mass is 400 g/mol. The zero-order chi connectivity index (χ0) is 20.4. The Balaban J connectivity index is 1.82.